The summed E-state index contributed by atoms with van der Waals surface area (Å²) in [6.07, 6.45) is 3.69. The zero-order chi connectivity index (χ0) is 16.4. The Morgan fingerprint density at radius 1 is 1.57 bits per heavy atom. The van der Waals surface area contributed by atoms with E-state index < -0.39 is 0 Å². The molecule has 124 valence electrons. The maximum Gasteiger partial charge on any atom is 0.322 e. The van der Waals surface area contributed by atoms with Crippen molar-refractivity contribution in [2.45, 2.75) is 19.8 Å². The van der Waals surface area contributed by atoms with Crippen molar-refractivity contribution in [1.29, 1.82) is 0 Å². The van der Waals surface area contributed by atoms with Gasteiger partial charge in [0.2, 0.25) is 0 Å². The topological polar surface area (TPSA) is 72.3 Å². The van der Waals surface area contributed by atoms with E-state index in [9.17, 15) is 4.79 Å². The van der Waals surface area contributed by atoms with Crippen molar-refractivity contribution in [3.8, 4) is 5.88 Å². The molecule has 1 aliphatic rings. The summed E-state index contributed by atoms with van der Waals surface area (Å²) in [5.41, 5.74) is 1.67. The smallest absolute Gasteiger partial charge is 0.322 e. The first kappa shape index (κ1) is 15.8. The molecule has 2 aromatic heterocycles. The van der Waals surface area contributed by atoms with Crippen LogP contribution in [0.1, 0.15) is 17.1 Å². The number of amides is 2. The molecule has 2 aromatic rings. The Kier molecular flexibility index (Phi) is 4.51. The average Bonchev–Trinajstić information content (AvgIpc) is 3.21. The molecule has 0 aromatic carbocycles. The molecule has 1 atom stereocenters. The zero-order valence-corrected chi connectivity index (χ0v) is 14.4. The number of methoxy groups -OCH3 is 1. The monoisotopic (exact) mass is 335 g/mol. The standard InChI is InChI=1S/C15H21N5O2S/c1-10-9-23-13(16-10)6-11-4-5-20(7-11)15(21)17-12-8-19(2)18-14(12)22-3/h8-9,11H,4-7H2,1-3H3,(H,17,21). The van der Waals surface area contributed by atoms with Crippen LogP contribution in [0.15, 0.2) is 11.6 Å². The number of ether oxygens (including phenoxy) is 1. The number of anilines is 1. The van der Waals surface area contributed by atoms with Gasteiger partial charge in [0, 0.05) is 37.6 Å². The van der Waals surface area contributed by atoms with E-state index in [1.165, 1.54) is 0 Å². The molecule has 8 heteroatoms. The molecular weight excluding hydrogens is 314 g/mol. The Morgan fingerprint density at radius 2 is 2.39 bits per heavy atom. The molecule has 3 heterocycles. The number of aromatic nitrogens is 3. The lowest BCUT2D eigenvalue weighted by atomic mass is 10.1. The quantitative estimate of drug-likeness (QED) is 0.930. The summed E-state index contributed by atoms with van der Waals surface area (Å²) < 4.78 is 6.78. The van der Waals surface area contributed by atoms with Crippen LogP contribution in [0, 0.1) is 12.8 Å². The van der Waals surface area contributed by atoms with E-state index in [2.05, 4.69) is 20.8 Å². The SMILES string of the molecule is COc1nn(C)cc1NC(=O)N1CCC(Cc2nc(C)cs2)C1. The molecule has 0 bridgehead atoms. The van der Waals surface area contributed by atoms with Gasteiger partial charge in [-0.15, -0.1) is 16.4 Å². The number of nitrogens with one attached hydrogen (secondary N) is 1. The number of hydrogen-bond donors (Lipinski definition) is 1. The molecule has 0 aliphatic carbocycles. The highest BCUT2D eigenvalue weighted by Gasteiger charge is 2.27. The van der Waals surface area contributed by atoms with Crippen LogP contribution in [-0.2, 0) is 13.5 Å². The number of rotatable bonds is 4. The van der Waals surface area contributed by atoms with Gasteiger partial charge in [-0.2, -0.15) is 0 Å². The summed E-state index contributed by atoms with van der Waals surface area (Å²) in [5, 5.41) is 10.2. The van der Waals surface area contributed by atoms with Crippen LogP contribution in [0.5, 0.6) is 5.88 Å². The first-order valence-electron chi connectivity index (χ1n) is 7.59. The summed E-state index contributed by atoms with van der Waals surface area (Å²) in [6.45, 7) is 3.53. The summed E-state index contributed by atoms with van der Waals surface area (Å²) >= 11 is 1.70. The maximum absolute atomic E-state index is 12.4. The predicted molar refractivity (Wildman–Crippen MR) is 89.0 cm³/mol. The molecule has 23 heavy (non-hydrogen) atoms. The minimum Gasteiger partial charge on any atom is -0.478 e. The number of thiazole rings is 1. The number of urea groups is 1. The first-order chi connectivity index (χ1) is 11.0. The van der Waals surface area contributed by atoms with Crippen molar-refractivity contribution in [3.05, 3.63) is 22.3 Å². The van der Waals surface area contributed by atoms with Crippen molar-refractivity contribution in [1.82, 2.24) is 19.7 Å². The lowest BCUT2D eigenvalue weighted by molar-refractivity contribution is 0.220. The summed E-state index contributed by atoms with van der Waals surface area (Å²) in [7, 11) is 3.33. The van der Waals surface area contributed by atoms with Gasteiger partial charge in [0.15, 0.2) is 0 Å². The maximum atomic E-state index is 12.4. The van der Waals surface area contributed by atoms with Crippen LogP contribution in [0.25, 0.3) is 0 Å². The van der Waals surface area contributed by atoms with Crippen molar-refractivity contribution >= 4 is 23.1 Å². The molecule has 1 aliphatic heterocycles. The second kappa shape index (κ2) is 6.57. The Morgan fingerprint density at radius 3 is 3.09 bits per heavy atom. The number of carbonyl (C=O) groups is 1. The van der Waals surface area contributed by atoms with E-state index in [0.29, 0.717) is 17.5 Å². The Bertz CT molecular complexity index is 696. The number of likely N-dealkylation sites (tertiary alicyclic amines) is 1. The molecule has 1 saturated heterocycles. The molecular formula is C15H21N5O2S. The van der Waals surface area contributed by atoms with Gasteiger partial charge in [-0.1, -0.05) is 0 Å². The first-order valence-corrected chi connectivity index (χ1v) is 8.47. The van der Waals surface area contributed by atoms with Gasteiger partial charge in [-0.3, -0.25) is 4.68 Å². The lowest BCUT2D eigenvalue weighted by Gasteiger charge is -2.16. The van der Waals surface area contributed by atoms with Crippen LogP contribution in [0.4, 0.5) is 10.5 Å². The van der Waals surface area contributed by atoms with Gasteiger partial charge in [-0.25, -0.2) is 9.78 Å². The highest BCUT2D eigenvalue weighted by atomic mass is 32.1. The van der Waals surface area contributed by atoms with E-state index in [0.717, 1.165) is 36.6 Å². The van der Waals surface area contributed by atoms with E-state index >= 15 is 0 Å². The number of hydrogen-bond acceptors (Lipinski definition) is 5. The van der Waals surface area contributed by atoms with E-state index in [1.54, 1.807) is 36.4 Å². The van der Waals surface area contributed by atoms with Crippen molar-refractivity contribution in [2.24, 2.45) is 13.0 Å². The van der Waals surface area contributed by atoms with E-state index in [-0.39, 0.29) is 6.03 Å². The van der Waals surface area contributed by atoms with Crippen molar-refractivity contribution in [3.63, 3.8) is 0 Å². The third-order valence-electron chi connectivity index (χ3n) is 3.93. The largest absolute Gasteiger partial charge is 0.478 e. The summed E-state index contributed by atoms with van der Waals surface area (Å²) in [6, 6.07) is -0.103. The molecule has 3 rings (SSSR count). The fraction of sp³-hybridized carbons (Fsp3) is 0.533. The van der Waals surface area contributed by atoms with Gasteiger partial charge >= 0.3 is 6.03 Å². The minimum atomic E-state index is -0.103. The van der Waals surface area contributed by atoms with Crippen LogP contribution in [0.3, 0.4) is 0 Å². The van der Waals surface area contributed by atoms with Crippen LogP contribution >= 0.6 is 11.3 Å². The number of aryl methyl sites for hydroxylation is 2. The lowest BCUT2D eigenvalue weighted by Crippen LogP contribution is -2.33. The Hall–Kier alpha value is -2.09. The van der Waals surface area contributed by atoms with Crippen LogP contribution in [0.2, 0.25) is 0 Å². The molecule has 7 nitrogen and oxygen atoms in total. The molecule has 0 radical (unpaired) electrons. The Labute approximate surface area is 139 Å². The molecule has 1 unspecified atom stereocenters. The molecule has 0 spiro atoms. The van der Waals surface area contributed by atoms with E-state index in [1.807, 2.05) is 11.8 Å². The van der Waals surface area contributed by atoms with Gasteiger partial charge in [0.1, 0.15) is 5.69 Å². The fourth-order valence-corrected chi connectivity index (χ4v) is 3.71. The average molecular weight is 335 g/mol. The third kappa shape index (κ3) is 3.64. The number of carbonyl (C=O) groups excluding carboxylic acids is 1. The molecule has 2 amide bonds. The highest BCUT2D eigenvalue weighted by Crippen LogP contribution is 2.25. The number of nitrogens with zero attached hydrogens (tertiary/aromatic N) is 4. The van der Waals surface area contributed by atoms with E-state index in [4.69, 9.17) is 4.74 Å². The van der Waals surface area contributed by atoms with Crippen molar-refractivity contribution < 1.29 is 9.53 Å². The fourth-order valence-electron chi connectivity index (χ4n) is 2.83. The van der Waals surface area contributed by atoms with Crippen LogP contribution < -0.4 is 10.1 Å². The second-order valence-electron chi connectivity index (χ2n) is 5.84. The van der Waals surface area contributed by atoms with Gasteiger partial charge in [0.05, 0.1) is 18.3 Å². The van der Waals surface area contributed by atoms with Crippen LogP contribution in [-0.4, -0.2) is 45.9 Å². The normalized spacial score (nSPS) is 17.5. The second-order valence-corrected chi connectivity index (χ2v) is 6.79. The highest BCUT2D eigenvalue weighted by molar-refractivity contribution is 7.09. The predicted octanol–water partition coefficient (Wildman–Crippen LogP) is 2.29. The zero-order valence-electron chi connectivity index (χ0n) is 13.6. The summed E-state index contributed by atoms with van der Waals surface area (Å²) in [5.74, 6) is 0.900. The van der Waals surface area contributed by atoms with Gasteiger partial charge in [-0.05, 0) is 19.3 Å². The minimum absolute atomic E-state index is 0.103. The molecule has 0 saturated carbocycles. The third-order valence-corrected chi connectivity index (χ3v) is 4.92. The van der Waals surface area contributed by atoms with Gasteiger partial charge < -0.3 is 15.0 Å². The van der Waals surface area contributed by atoms with Crippen molar-refractivity contribution in [2.75, 3.05) is 25.5 Å². The van der Waals surface area contributed by atoms with Gasteiger partial charge in [0.25, 0.3) is 5.88 Å². The summed E-state index contributed by atoms with van der Waals surface area (Å²) in [4.78, 5) is 18.8. The Balaban J connectivity index is 1.56. The molecule has 1 fully saturated rings. The molecule has 1 N–H and O–H groups in total.